The maximum Gasteiger partial charge on any atom is 0.408 e. The van der Waals surface area contributed by atoms with Crippen molar-refractivity contribution >= 4 is 23.6 Å². The standard InChI is InChI=1S/C22H31N3O4/c1-7-11-18(25-21(28)29-22(4,5)6)20(27)23-14-16-12-9-10-13-17(16)24-19(26)15(3)8-2/h7-10,12-13,15,18H,1-2,11,14H2,3-6H3,(H,23,27)(H,24,26)(H,25,28)/t15-,18+/m1/s1. The van der Waals surface area contributed by atoms with Crippen molar-refractivity contribution in [3.05, 3.63) is 55.1 Å². The molecule has 2 atom stereocenters. The van der Waals surface area contributed by atoms with Gasteiger partial charge in [-0.05, 0) is 38.8 Å². The molecule has 0 fully saturated rings. The van der Waals surface area contributed by atoms with E-state index in [4.69, 9.17) is 4.74 Å². The first kappa shape index (κ1) is 23.9. The van der Waals surface area contributed by atoms with Gasteiger partial charge in [0.15, 0.2) is 0 Å². The van der Waals surface area contributed by atoms with Gasteiger partial charge in [-0.15, -0.1) is 13.2 Å². The van der Waals surface area contributed by atoms with E-state index >= 15 is 0 Å². The maximum atomic E-state index is 12.6. The Morgan fingerprint density at radius 3 is 2.38 bits per heavy atom. The molecule has 7 nitrogen and oxygen atoms in total. The Bertz CT molecular complexity index is 753. The average Bonchev–Trinajstić information content (AvgIpc) is 2.64. The third-order valence-electron chi connectivity index (χ3n) is 3.91. The van der Waals surface area contributed by atoms with Crippen molar-refractivity contribution in [3.8, 4) is 0 Å². The summed E-state index contributed by atoms with van der Waals surface area (Å²) in [7, 11) is 0. The summed E-state index contributed by atoms with van der Waals surface area (Å²) in [5.74, 6) is -0.904. The Labute approximate surface area is 172 Å². The molecule has 158 valence electrons. The molecule has 0 spiro atoms. The summed E-state index contributed by atoms with van der Waals surface area (Å²) in [6.07, 6.45) is 2.68. The van der Waals surface area contributed by atoms with Gasteiger partial charge in [-0.25, -0.2) is 4.79 Å². The predicted molar refractivity (Wildman–Crippen MR) is 114 cm³/mol. The Morgan fingerprint density at radius 2 is 1.79 bits per heavy atom. The largest absolute Gasteiger partial charge is 0.444 e. The molecule has 1 aromatic carbocycles. The van der Waals surface area contributed by atoms with E-state index in [1.165, 1.54) is 0 Å². The monoisotopic (exact) mass is 401 g/mol. The van der Waals surface area contributed by atoms with Crippen LogP contribution in [0.15, 0.2) is 49.6 Å². The molecule has 0 saturated carbocycles. The molecule has 0 unspecified atom stereocenters. The van der Waals surface area contributed by atoms with Gasteiger partial charge in [0.25, 0.3) is 0 Å². The van der Waals surface area contributed by atoms with Crippen LogP contribution in [0.2, 0.25) is 0 Å². The van der Waals surface area contributed by atoms with Gasteiger partial charge >= 0.3 is 6.09 Å². The lowest BCUT2D eigenvalue weighted by atomic mass is 10.1. The number of benzene rings is 1. The molecule has 0 saturated heterocycles. The summed E-state index contributed by atoms with van der Waals surface area (Å²) in [6, 6.07) is 6.36. The molecule has 0 aromatic heterocycles. The quantitative estimate of drug-likeness (QED) is 0.552. The number of alkyl carbamates (subject to hydrolysis) is 1. The Balaban J connectivity index is 2.78. The fraction of sp³-hybridized carbons (Fsp3) is 0.409. The van der Waals surface area contributed by atoms with Gasteiger partial charge in [0.2, 0.25) is 11.8 Å². The molecule has 0 aliphatic carbocycles. The number of para-hydroxylation sites is 1. The van der Waals surface area contributed by atoms with E-state index in [9.17, 15) is 14.4 Å². The number of ether oxygens (including phenoxy) is 1. The normalized spacial score (nSPS) is 12.8. The highest BCUT2D eigenvalue weighted by Gasteiger charge is 2.23. The molecule has 1 aromatic rings. The van der Waals surface area contributed by atoms with Crippen LogP contribution in [0.3, 0.4) is 0 Å². The third kappa shape index (κ3) is 8.64. The van der Waals surface area contributed by atoms with Crippen LogP contribution in [0.5, 0.6) is 0 Å². The lowest BCUT2D eigenvalue weighted by Gasteiger charge is -2.23. The van der Waals surface area contributed by atoms with E-state index in [2.05, 4.69) is 29.1 Å². The second kappa shape index (κ2) is 11.0. The van der Waals surface area contributed by atoms with Crippen LogP contribution in [-0.2, 0) is 20.9 Å². The minimum absolute atomic E-state index is 0.182. The number of amides is 3. The number of hydrogen-bond donors (Lipinski definition) is 3. The van der Waals surface area contributed by atoms with Crippen molar-refractivity contribution in [2.75, 3.05) is 5.32 Å². The summed E-state index contributed by atoms with van der Waals surface area (Å²) in [5, 5.41) is 8.16. The van der Waals surface area contributed by atoms with E-state index in [1.807, 2.05) is 6.07 Å². The first-order chi connectivity index (χ1) is 13.6. The molecule has 1 rings (SSSR count). The molecule has 0 bridgehead atoms. The number of carbonyl (C=O) groups is 3. The van der Waals surface area contributed by atoms with Crippen molar-refractivity contribution in [2.24, 2.45) is 5.92 Å². The second-order valence-electron chi connectivity index (χ2n) is 7.61. The highest BCUT2D eigenvalue weighted by Crippen LogP contribution is 2.16. The van der Waals surface area contributed by atoms with Crippen molar-refractivity contribution in [3.63, 3.8) is 0 Å². The zero-order chi connectivity index (χ0) is 22.0. The lowest BCUT2D eigenvalue weighted by Crippen LogP contribution is -2.47. The third-order valence-corrected chi connectivity index (χ3v) is 3.91. The van der Waals surface area contributed by atoms with Crippen LogP contribution >= 0.6 is 0 Å². The summed E-state index contributed by atoms with van der Waals surface area (Å²) >= 11 is 0. The fourth-order valence-corrected chi connectivity index (χ4v) is 2.30. The summed E-state index contributed by atoms with van der Waals surface area (Å²) in [5.41, 5.74) is 0.672. The molecule has 3 amide bonds. The number of rotatable bonds is 9. The van der Waals surface area contributed by atoms with Crippen molar-refractivity contribution < 1.29 is 19.1 Å². The van der Waals surface area contributed by atoms with Crippen molar-refractivity contribution in [1.29, 1.82) is 0 Å². The molecular weight excluding hydrogens is 370 g/mol. The Hall–Kier alpha value is -3.09. The van der Waals surface area contributed by atoms with E-state index in [0.717, 1.165) is 5.56 Å². The van der Waals surface area contributed by atoms with Gasteiger partial charge in [0, 0.05) is 12.2 Å². The smallest absolute Gasteiger partial charge is 0.408 e. The first-order valence-electron chi connectivity index (χ1n) is 9.46. The van der Waals surface area contributed by atoms with E-state index in [0.29, 0.717) is 5.69 Å². The second-order valence-corrected chi connectivity index (χ2v) is 7.61. The van der Waals surface area contributed by atoms with Gasteiger partial charge in [-0.1, -0.05) is 37.3 Å². The Kier molecular flexibility index (Phi) is 9.12. The molecule has 0 radical (unpaired) electrons. The van der Waals surface area contributed by atoms with Gasteiger partial charge < -0.3 is 20.7 Å². The number of anilines is 1. The molecule has 7 heteroatoms. The van der Waals surface area contributed by atoms with Crippen LogP contribution in [0.25, 0.3) is 0 Å². The highest BCUT2D eigenvalue weighted by molar-refractivity contribution is 5.94. The van der Waals surface area contributed by atoms with Crippen molar-refractivity contribution in [1.82, 2.24) is 10.6 Å². The van der Waals surface area contributed by atoms with E-state index in [-0.39, 0.29) is 30.7 Å². The van der Waals surface area contributed by atoms with Crippen molar-refractivity contribution in [2.45, 2.75) is 52.3 Å². The maximum absolute atomic E-state index is 12.6. The highest BCUT2D eigenvalue weighted by atomic mass is 16.6. The molecule has 0 heterocycles. The fourth-order valence-electron chi connectivity index (χ4n) is 2.30. The molecule has 0 aliphatic heterocycles. The number of hydrogen-bond acceptors (Lipinski definition) is 4. The van der Waals surface area contributed by atoms with E-state index < -0.39 is 17.7 Å². The zero-order valence-electron chi connectivity index (χ0n) is 17.6. The van der Waals surface area contributed by atoms with Crippen LogP contribution in [0.1, 0.15) is 39.7 Å². The first-order valence-corrected chi connectivity index (χ1v) is 9.46. The summed E-state index contributed by atoms with van der Waals surface area (Å²) in [6.45, 7) is 14.4. The molecule has 3 N–H and O–H groups in total. The van der Waals surface area contributed by atoms with E-state index in [1.54, 1.807) is 58.0 Å². The summed E-state index contributed by atoms with van der Waals surface area (Å²) < 4.78 is 5.20. The molecule has 29 heavy (non-hydrogen) atoms. The van der Waals surface area contributed by atoms with Crippen LogP contribution in [-0.4, -0.2) is 29.6 Å². The minimum Gasteiger partial charge on any atom is -0.444 e. The van der Waals surface area contributed by atoms with Gasteiger partial charge in [0.1, 0.15) is 11.6 Å². The zero-order valence-corrected chi connectivity index (χ0v) is 17.6. The SMILES string of the molecule is C=CC[C@H](NC(=O)OC(C)(C)C)C(=O)NCc1ccccc1NC(=O)[C@H](C)C=C. The number of carbonyl (C=O) groups excluding carboxylic acids is 3. The van der Waals surface area contributed by atoms with Gasteiger partial charge in [-0.2, -0.15) is 0 Å². The average molecular weight is 402 g/mol. The molecular formula is C22H31N3O4. The van der Waals surface area contributed by atoms with Gasteiger partial charge in [-0.3, -0.25) is 9.59 Å². The lowest BCUT2D eigenvalue weighted by molar-refractivity contribution is -0.123. The Morgan fingerprint density at radius 1 is 1.14 bits per heavy atom. The molecule has 0 aliphatic rings. The van der Waals surface area contributed by atoms with Crippen LogP contribution in [0.4, 0.5) is 10.5 Å². The number of nitrogens with one attached hydrogen (secondary N) is 3. The predicted octanol–water partition coefficient (Wildman–Crippen LogP) is 3.53. The van der Waals surface area contributed by atoms with Crippen LogP contribution in [0, 0.1) is 5.92 Å². The van der Waals surface area contributed by atoms with Gasteiger partial charge in [0.05, 0.1) is 5.92 Å². The topological polar surface area (TPSA) is 96.5 Å². The minimum atomic E-state index is -0.815. The van der Waals surface area contributed by atoms with Crippen LogP contribution < -0.4 is 16.0 Å². The summed E-state index contributed by atoms with van der Waals surface area (Å²) in [4.78, 5) is 36.7.